The molecule has 0 amide bonds. The van der Waals surface area contributed by atoms with E-state index in [9.17, 15) is 4.57 Å². The van der Waals surface area contributed by atoms with Gasteiger partial charge < -0.3 is 9.05 Å². The van der Waals surface area contributed by atoms with Crippen LogP contribution in [0.2, 0.25) is 0 Å². The second-order valence-corrected chi connectivity index (χ2v) is 11.6. The Labute approximate surface area is 196 Å². The molecule has 0 saturated heterocycles. The predicted octanol–water partition coefficient (Wildman–Crippen LogP) is 10.5. The van der Waals surface area contributed by atoms with E-state index < -0.39 is 7.60 Å². The van der Waals surface area contributed by atoms with Gasteiger partial charge in [0.15, 0.2) is 0 Å². The maximum Gasteiger partial charge on any atom is 0.330 e. The number of unbranched alkanes of at least 4 members (excludes halogenated alkanes) is 18. The zero-order valence-corrected chi connectivity index (χ0v) is 22.5. The van der Waals surface area contributed by atoms with Crippen molar-refractivity contribution < 1.29 is 13.6 Å². The van der Waals surface area contributed by atoms with Crippen molar-refractivity contribution in [1.29, 1.82) is 0 Å². The third kappa shape index (κ3) is 23.1. The van der Waals surface area contributed by atoms with Crippen LogP contribution in [0.15, 0.2) is 0 Å². The Hall–Kier alpha value is 0.150. The molecule has 0 fully saturated rings. The minimum absolute atomic E-state index is 0.596. The maximum atomic E-state index is 13.3. The summed E-state index contributed by atoms with van der Waals surface area (Å²) in [6, 6.07) is 0. The minimum atomic E-state index is -2.91. The van der Waals surface area contributed by atoms with Gasteiger partial charge in [-0.15, -0.1) is 0 Å². The average molecular weight is 461 g/mol. The molecule has 0 unspecified atom stereocenters. The van der Waals surface area contributed by atoms with Crippen LogP contribution in [0.1, 0.15) is 156 Å². The second-order valence-electron chi connectivity index (χ2n) is 9.36. The van der Waals surface area contributed by atoms with Gasteiger partial charge in [-0.25, -0.2) is 0 Å². The maximum absolute atomic E-state index is 13.3. The molecule has 31 heavy (non-hydrogen) atoms. The van der Waals surface area contributed by atoms with Crippen LogP contribution in [0.3, 0.4) is 0 Å². The van der Waals surface area contributed by atoms with E-state index in [2.05, 4.69) is 20.8 Å². The third-order valence-corrected chi connectivity index (χ3v) is 8.12. The Bertz CT molecular complexity index is 363. The summed E-state index contributed by atoms with van der Waals surface area (Å²) >= 11 is 0. The summed E-state index contributed by atoms with van der Waals surface area (Å²) in [7, 11) is -2.91. The Morgan fingerprint density at radius 2 is 0.710 bits per heavy atom. The highest BCUT2D eigenvalue weighted by Gasteiger charge is 2.23. The molecule has 0 aliphatic carbocycles. The first kappa shape index (κ1) is 31.1. The summed E-state index contributed by atoms with van der Waals surface area (Å²) in [5.41, 5.74) is 0. The molecule has 3 nitrogen and oxygen atoms in total. The van der Waals surface area contributed by atoms with Crippen molar-refractivity contribution in [2.75, 3.05) is 19.4 Å². The summed E-state index contributed by atoms with van der Waals surface area (Å²) in [6.07, 6.45) is 26.7. The third-order valence-electron chi connectivity index (χ3n) is 6.11. The van der Waals surface area contributed by atoms with Gasteiger partial charge in [-0.05, 0) is 19.3 Å². The summed E-state index contributed by atoms with van der Waals surface area (Å²) in [4.78, 5) is 0. The first-order valence-corrected chi connectivity index (χ1v) is 15.8. The second kappa shape index (κ2) is 24.8. The lowest BCUT2D eigenvalue weighted by molar-refractivity contribution is 0.197. The molecule has 0 heterocycles. The fraction of sp³-hybridized carbons (Fsp3) is 1.00. The molecular weight excluding hydrogens is 403 g/mol. The molecule has 0 spiro atoms. The Morgan fingerprint density at radius 3 is 1.06 bits per heavy atom. The van der Waals surface area contributed by atoms with E-state index in [0.29, 0.717) is 19.4 Å². The van der Waals surface area contributed by atoms with E-state index in [1.165, 1.54) is 109 Å². The van der Waals surface area contributed by atoms with Gasteiger partial charge in [0.05, 0.1) is 19.4 Å². The number of hydrogen-bond acceptors (Lipinski definition) is 3. The lowest BCUT2D eigenvalue weighted by Crippen LogP contribution is -2.04. The molecule has 0 radical (unpaired) electrons. The standard InChI is InChI=1S/C27H57O3P/c1-4-7-10-13-16-19-22-25-29-31(28,27-24-21-18-15-12-9-6-3)30-26-23-20-17-14-11-8-5-2/h4-27H2,1-3H3. The van der Waals surface area contributed by atoms with Crippen LogP contribution in [0.5, 0.6) is 0 Å². The Kier molecular flexibility index (Phi) is 24.9. The van der Waals surface area contributed by atoms with Gasteiger partial charge in [0.1, 0.15) is 0 Å². The average Bonchev–Trinajstić information content (AvgIpc) is 2.77. The van der Waals surface area contributed by atoms with E-state index >= 15 is 0 Å². The van der Waals surface area contributed by atoms with Gasteiger partial charge >= 0.3 is 7.60 Å². The van der Waals surface area contributed by atoms with Crippen molar-refractivity contribution in [3.63, 3.8) is 0 Å². The van der Waals surface area contributed by atoms with Gasteiger partial charge in [0.2, 0.25) is 0 Å². The minimum Gasteiger partial charge on any atom is -0.309 e. The SMILES string of the molecule is CCCCCCCCCOP(=O)(CCCCCCCCC)OCCCCCCCCC. The van der Waals surface area contributed by atoms with Crippen molar-refractivity contribution in [3.05, 3.63) is 0 Å². The molecule has 4 heteroatoms. The number of hydrogen-bond donors (Lipinski definition) is 0. The predicted molar refractivity (Wildman–Crippen MR) is 138 cm³/mol. The van der Waals surface area contributed by atoms with Crippen LogP contribution in [0, 0.1) is 0 Å². The molecule has 0 aliphatic heterocycles. The van der Waals surface area contributed by atoms with Gasteiger partial charge in [0.25, 0.3) is 0 Å². The normalized spacial score (nSPS) is 12.0. The van der Waals surface area contributed by atoms with Crippen LogP contribution in [-0.4, -0.2) is 19.4 Å². The lowest BCUT2D eigenvalue weighted by atomic mass is 10.1. The van der Waals surface area contributed by atoms with Gasteiger partial charge in [-0.1, -0.05) is 136 Å². The molecule has 0 bridgehead atoms. The Morgan fingerprint density at radius 1 is 0.419 bits per heavy atom. The highest BCUT2D eigenvalue weighted by Crippen LogP contribution is 2.49. The molecule has 0 rings (SSSR count). The van der Waals surface area contributed by atoms with Crippen molar-refractivity contribution in [3.8, 4) is 0 Å². The highest BCUT2D eigenvalue weighted by molar-refractivity contribution is 7.53. The quantitative estimate of drug-likeness (QED) is 0.0951. The zero-order valence-electron chi connectivity index (χ0n) is 21.6. The van der Waals surface area contributed by atoms with Gasteiger partial charge in [-0.2, -0.15) is 0 Å². The van der Waals surface area contributed by atoms with Crippen LogP contribution in [0.4, 0.5) is 0 Å². The summed E-state index contributed by atoms with van der Waals surface area (Å²) in [5, 5.41) is 0. The molecule has 0 saturated carbocycles. The van der Waals surface area contributed by atoms with Crippen LogP contribution < -0.4 is 0 Å². The van der Waals surface area contributed by atoms with E-state index in [0.717, 1.165) is 25.7 Å². The largest absolute Gasteiger partial charge is 0.330 e. The molecule has 0 atom stereocenters. The van der Waals surface area contributed by atoms with Crippen LogP contribution >= 0.6 is 7.60 Å². The van der Waals surface area contributed by atoms with Gasteiger partial charge in [0, 0.05) is 0 Å². The molecule has 0 N–H and O–H groups in total. The van der Waals surface area contributed by atoms with Crippen molar-refractivity contribution in [2.45, 2.75) is 156 Å². The fourth-order valence-corrected chi connectivity index (χ4v) is 5.71. The lowest BCUT2D eigenvalue weighted by Gasteiger charge is -2.19. The molecule has 0 aliphatic rings. The van der Waals surface area contributed by atoms with Crippen molar-refractivity contribution >= 4 is 7.60 Å². The first-order valence-electron chi connectivity index (χ1n) is 14.1. The fourth-order valence-electron chi connectivity index (χ4n) is 3.95. The first-order chi connectivity index (χ1) is 15.2. The van der Waals surface area contributed by atoms with E-state index in [1.807, 2.05) is 0 Å². The molecule has 0 aromatic heterocycles. The van der Waals surface area contributed by atoms with Gasteiger partial charge in [-0.3, -0.25) is 4.57 Å². The highest BCUT2D eigenvalue weighted by atomic mass is 31.2. The van der Waals surface area contributed by atoms with E-state index in [1.54, 1.807) is 0 Å². The smallest absolute Gasteiger partial charge is 0.309 e. The molecule has 0 aromatic rings. The summed E-state index contributed by atoms with van der Waals surface area (Å²) < 4.78 is 25.0. The van der Waals surface area contributed by atoms with Crippen molar-refractivity contribution in [1.82, 2.24) is 0 Å². The molecule has 0 aromatic carbocycles. The van der Waals surface area contributed by atoms with Crippen LogP contribution in [-0.2, 0) is 13.6 Å². The summed E-state index contributed by atoms with van der Waals surface area (Å²) in [5.74, 6) is 0. The van der Waals surface area contributed by atoms with E-state index in [4.69, 9.17) is 9.05 Å². The molecule has 188 valence electrons. The molecular formula is C27H57O3P. The topological polar surface area (TPSA) is 35.5 Å². The monoisotopic (exact) mass is 460 g/mol. The number of rotatable bonds is 26. The zero-order chi connectivity index (χ0) is 22.9. The van der Waals surface area contributed by atoms with Crippen LogP contribution in [0.25, 0.3) is 0 Å². The summed E-state index contributed by atoms with van der Waals surface area (Å²) in [6.45, 7) is 7.95. The van der Waals surface area contributed by atoms with Crippen molar-refractivity contribution in [2.24, 2.45) is 0 Å². The Balaban J connectivity index is 4.05. The van der Waals surface area contributed by atoms with E-state index in [-0.39, 0.29) is 0 Å².